The average molecular weight is 279 g/mol. The van der Waals surface area contributed by atoms with Crippen molar-refractivity contribution in [1.82, 2.24) is 14.7 Å². The van der Waals surface area contributed by atoms with Crippen molar-refractivity contribution in [2.24, 2.45) is 5.92 Å². The van der Waals surface area contributed by atoms with Gasteiger partial charge in [0.05, 0.1) is 5.69 Å². The van der Waals surface area contributed by atoms with Gasteiger partial charge in [-0.05, 0) is 19.4 Å². The van der Waals surface area contributed by atoms with Gasteiger partial charge in [-0.3, -0.25) is 4.40 Å². The summed E-state index contributed by atoms with van der Waals surface area (Å²) in [6.45, 7) is 4.57. The number of likely N-dealkylation sites (N-methyl/N-ethyl adjacent to an activating group) is 1. The third kappa shape index (κ3) is 3.57. The van der Waals surface area contributed by atoms with Gasteiger partial charge in [0.2, 0.25) is 0 Å². The Kier molecular flexibility index (Phi) is 5.40. The van der Waals surface area contributed by atoms with Gasteiger partial charge in [0.1, 0.15) is 0 Å². The molecule has 4 heteroatoms. The maximum atomic E-state index is 4.70. The molecule has 0 aliphatic carbocycles. The molecular weight excluding hydrogens is 254 g/mol. The number of aromatic nitrogens is 2. The van der Waals surface area contributed by atoms with E-state index in [0.717, 1.165) is 17.3 Å². The molecule has 0 aromatic carbocycles. The summed E-state index contributed by atoms with van der Waals surface area (Å²) in [5, 5.41) is 5.58. The van der Waals surface area contributed by atoms with Crippen LogP contribution >= 0.6 is 11.3 Å². The van der Waals surface area contributed by atoms with E-state index < -0.39 is 0 Å². The van der Waals surface area contributed by atoms with E-state index in [2.05, 4.69) is 48.4 Å². The van der Waals surface area contributed by atoms with E-state index >= 15 is 0 Å². The lowest BCUT2D eigenvalue weighted by atomic mass is 9.89. The van der Waals surface area contributed by atoms with Crippen molar-refractivity contribution in [2.45, 2.75) is 52.0 Å². The number of nitrogens with zero attached hydrogens (tertiary/aromatic N) is 2. The van der Waals surface area contributed by atoms with Crippen LogP contribution in [0, 0.1) is 5.92 Å². The van der Waals surface area contributed by atoms with Gasteiger partial charge in [-0.15, -0.1) is 11.3 Å². The van der Waals surface area contributed by atoms with Gasteiger partial charge in [0.15, 0.2) is 4.96 Å². The fourth-order valence-electron chi connectivity index (χ4n) is 2.76. The molecule has 106 valence electrons. The van der Waals surface area contributed by atoms with Crippen LogP contribution in [0.1, 0.15) is 45.2 Å². The third-order valence-corrected chi connectivity index (χ3v) is 4.74. The van der Waals surface area contributed by atoms with E-state index in [1.807, 2.05) is 0 Å². The molecule has 0 saturated carbocycles. The zero-order chi connectivity index (χ0) is 13.7. The van der Waals surface area contributed by atoms with Crippen molar-refractivity contribution in [2.75, 3.05) is 7.05 Å². The Hall–Kier alpha value is -0.870. The number of fused-ring (bicyclic) bond motifs is 1. The van der Waals surface area contributed by atoms with Crippen molar-refractivity contribution >= 4 is 16.3 Å². The Labute approximate surface area is 120 Å². The maximum absolute atomic E-state index is 4.70. The Morgan fingerprint density at radius 1 is 1.42 bits per heavy atom. The van der Waals surface area contributed by atoms with Crippen LogP contribution in [0.4, 0.5) is 0 Å². The molecular formula is C15H25N3S. The summed E-state index contributed by atoms with van der Waals surface area (Å²) in [5.41, 5.74) is 1.21. The summed E-state index contributed by atoms with van der Waals surface area (Å²) in [6, 6.07) is 0.543. The molecule has 2 atom stereocenters. The van der Waals surface area contributed by atoms with Gasteiger partial charge in [-0.25, -0.2) is 4.98 Å². The van der Waals surface area contributed by atoms with Crippen molar-refractivity contribution in [3.8, 4) is 0 Å². The number of hydrogen-bond donors (Lipinski definition) is 1. The lowest BCUT2D eigenvalue weighted by molar-refractivity contribution is 0.329. The Morgan fingerprint density at radius 3 is 2.89 bits per heavy atom. The lowest BCUT2D eigenvalue weighted by Crippen LogP contribution is -2.35. The summed E-state index contributed by atoms with van der Waals surface area (Å²) >= 11 is 1.70. The SMILES string of the molecule is CCCCC(CC)C(Cc1cn2ccsc2n1)NC. The fraction of sp³-hybridized carbons (Fsp3) is 0.667. The van der Waals surface area contributed by atoms with Gasteiger partial charge in [-0.1, -0.05) is 33.1 Å². The largest absolute Gasteiger partial charge is 0.316 e. The zero-order valence-electron chi connectivity index (χ0n) is 12.2. The highest BCUT2D eigenvalue weighted by atomic mass is 32.1. The minimum Gasteiger partial charge on any atom is -0.316 e. The predicted octanol–water partition coefficient (Wildman–Crippen LogP) is 3.74. The second kappa shape index (κ2) is 7.06. The Morgan fingerprint density at radius 2 is 2.26 bits per heavy atom. The highest BCUT2D eigenvalue weighted by molar-refractivity contribution is 7.15. The number of thiazole rings is 1. The van der Waals surface area contributed by atoms with Crippen LogP contribution in [0.5, 0.6) is 0 Å². The first kappa shape index (κ1) is 14.5. The second-order valence-corrected chi connectivity index (χ2v) is 6.11. The monoisotopic (exact) mass is 279 g/mol. The molecule has 1 N–H and O–H groups in total. The lowest BCUT2D eigenvalue weighted by Gasteiger charge is -2.25. The van der Waals surface area contributed by atoms with E-state index in [4.69, 9.17) is 4.98 Å². The maximum Gasteiger partial charge on any atom is 0.193 e. The number of hydrogen-bond acceptors (Lipinski definition) is 3. The van der Waals surface area contributed by atoms with E-state index in [-0.39, 0.29) is 0 Å². The van der Waals surface area contributed by atoms with Gasteiger partial charge in [0.25, 0.3) is 0 Å². The van der Waals surface area contributed by atoms with Crippen LogP contribution in [0.15, 0.2) is 17.8 Å². The molecule has 0 aliphatic rings. The molecule has 2 rings (SSSR count). The second-order valence-electron chi connectivity index (χ2n) is 5.23. The molecule has 2 aromatic rings. The van der Waals surface area contributed by atoms with Crippen LogP contribution in [0.25, 0.3) is 4.96 Å². The average Bonchev–Trinajstić information content (AvgIpc) is 2.98. The van der Waals surface area contributed by atoms with Gasteiger partial charge < -0.3 is 5.32 Å². The number of imidazole rings is 1. The number of rotatable bonds is 8. The molecule has 2 aromatic heterocycles. The van der Waals surface area contributed by atoms with E-state index in [1.165, 1.54) is 31.4 Å². The summed E-state index contributed by atoms with van der Waals surface area (Å²) in [4.78, 5) is 5.80. The van der Waals surface area contributed by atoms with E-state index in [1.54, 1.807) is 11.3 Å². The van der Waals surface area contributed by atoms with Crippen LogP contribution < -0.4 is 5.32 Å². The summed E-state index contributed by atoms with van der Waals surface area (Å²) < 4.78 is 2.12. The first-order valence-electron chi connectivity index (χ1n) is 7.36. The van der Waals surface area contributed by atoms with Crippen molar-refractivity contribution in [3.63, 3.8) is 0 Å². The topological polar surface area (TPSA) is 29.3 Å². The summed E-state index contributed by atoms with van der Waals surface area (Å²) in [6.07, 6.45) is 10.5. The van der Waals surface area contributed by atoms with Crippen molar-refractivity contribution < 1.29 is 0 Å². The standard InChI is InChI=1S/C15H25N3S/c1-4-6-7-12(5-2)14(16-3)10-13-11-18-8-9-19-15(18)17-13/h8-9,11-12,14,16H,4-7,10H2,1-3H3. The fourth-order valence-corrected chi connectivity index (χ4v) is 3.48. The minimum atomic E-state index is 0.543. The molecule has 0 saturated heterocycles. The molecule has 2 unspecified atom stereocenters. The number of unbranched alkanes of at least 4 members (excludes halogenated alkanes) is 1. The van der Waals surface area contributed by atoms with E-state index in [9.17, 15) is 0 Å². The molecule has 2 heterocycles. The normalized spacial score (nSPS) is 14.9. The molecule has 19 heavy (non-hydrogen) atoms. The summed E-state index contributed by atoms with van der Waals surface area (Å²) in [5.74, 6) is 0.754. The molecule has 3 nitrogen and oxygen atoms in total. The minimum absolute atomic E-state index is 0.543. The summed E-state index contributed by atoms with van der Waals surface area (Å²) in [7, 11) is 2.08. The molecule has 0 amide bonds. The van der Waals surface area contributed by atoms with Crippen LogP contribution in [-0.2, 0) is 6.42 Å². The van der Waals surface area contributed by atoms with Gasteiger partial charge in [-0.2, -0.15) is 0 Å². The molecule has 0 radical (unpaired) electrons. The quantitative estimate of drug-likeness (QED) is 0.797. The highest BCUT2D eigenvalue weighted by Crippen LogP contribution is 2.21. The Bertz CT molecular complexity index is 460. The first-order chi connectivity index (χ1) is 9.28. The molecule has 0 fully saturated rings. The molecule has 0 spiro atoms. The smallest absolute Gasteiger partial charge is 0.193 e. The first-order valence-corrected chi connectivity index (χ1v) is 8.24. The predicted molar refractivity (Wildman–Crippen MR) is 82.9 cm³/mol. The molecule has 0 aliphatic heterocycles. The van der Waals surface area contributed by atoms with Crippen LogP contribution in [0.3, 0.4) is 0 Å². The van der Waals surface area contributed by atoms with Crippen molar-refractivity contribution in [1.29, 1.82) is 0 Å². The number of nitrogens with one attached hydrogen (secondary N) is 1. The molecule has 0 bridgehead atoms. The third-order valence-electron chi connectivity index (χ3n) is 3.96. The van der Waals surface area contributed by atoms with Gasteiger partial charge in [0, 0.05) is 30.2 Å². The Balaban J connectivity index is 2.02. The van der Waals surface area contributed by atoms with Crippen LogP contribution in [0.2, 0.25) is 0 Å². The van der Waals surface area contributed by atoms with Crippen LogP contribution in [-0.4, -0.2) is 22.5 Å². The zero-order valence-corrected chi connectivity index (χ0v) is 13.0. The van der Waals surface area contributed by atoms with Crippen molar-refractivity contribution in [3.05, 3.63) is 23.5 Å². The van der Waals surface area contributed by atoms with Gasteiger partial charge >= 0.3 is 0 Å². The van der Waals surface area contributed by atoms with E-state index in [0.29, 0.717) is 6.04 Å². The highest BCUT2D eigenvalue weighted by Gasteiger charge is 2.19.